The summed E-state index contributed by atoms with van der Waals surface area (Å²) in [4.78, 5) is 11.8. The van der Waals surface area contributed by atoms with Crippen LogP contribution >= 0.6 is 12.4 Å². The van der Waals surface area contributed by atoms with E-state index in [0.29, 0.717) is 24.7 Å². The van der Waals surface area contributed by atoms with Crippen LogP contribution in [0.15, 0.2) is 0 Å². The van der Waals surface area contributed by atoms with Crippen molar-refractivity contribution in [3.8, 4) is 0 Å². The van der Waals surface area contributed by atoms with Gasteiger partial charge in [0.25, 0.3) is 0 Å². The van der Waals surface area contributed by atoms with Gasteiger partial charge in [-0.05, 0) is 39.0 Å². The molecule has 2 aliphatic rings. The third kappa shape index (κ3) is 7.80. The number of carbonyl (C=O) groups is 1. The smallest absolute Gasteiger partial charge is 0.220 e. The molecule has 2 unspecified atom stereocenters. The molecule has 1 saturated carbocycles. The molecule has 1 aliphatic heterocycles. The van der Waals surface area contributed by atoms with E-state index in [1.54, 1.807) is 0 Å². The molecule has 2 fully saturated rings. The van der Waals surface area contributed by atoms with E-state index in [2.05, 4.69) is 17.6 Å². The lowest BCUT2D eigenvalue weighted by Crippen LogP contribution is -2.37. The number of hydrogen-bond acceptors (Lipinski definition) is 3. The van der Waals surface area contributed by atoms with Crippen LogP contribution in [0.4, 0.5) is 0 Å². The van der Waals surface area contributed by atoms with Crippen LogP contribution in [0.5, 0.6) is 0 Å². The van der Waals surface area contributed by atoms with Crippen molar-refractivity contribution in [2.45, 2.75) is 89.4 Å². The molecular weight excluding hydrogens is 300 g/mol. The molecule has 1 aliphatic carbocycles. The molecule has 0 aromatic heterocycles. The van der Waals surface area contributed by atoms with Gasteiger partial charge >= 0.3 is 0 Å². The Hall–Kier alpha value is -0.320. The third-order valence-corrected chi connectivity index (χ3v) is 4.75. The van der Waals surface area contributed by atoms with E-state index in [-0.39, 0.29) is 18.3 Å². The molecule has 130 valence electrons. The average Bonchev–Trinajstić information content (AvgIpc) is 2.73. The zero-order valence-electron chi connectivity index (χ0n) is 13.9. The second-order valence-electron chi connectivity index (χ2n) is 6.68. The maximum atomic E-state index is 11.8. The van der Waals surface area contributed by atoms with Gasteiger partial charge in [0.2, 0.25) is 5.91 Å². The number of carbonyl (C=O) groups excluding carboxylic acids is 1. The fourth-order valence-corrected chi connectivity index (χ4v) is 3.44. The summed E-state index contributed by atoms with van der Waals surface area (Å²) in [6.07, 6.45) is 12.5. The summed E-state index contributed by atoms with van der Waals surface area (Å²) in [5.41, 5.74) is 0. The summed E-state index contributed by atoms with van der Waals surface area (Å²) in [6, 6.07) is 0.665. The zero-order valence-corrected chi connectivity index (χ0v) is 14.8. The van der Waals surface area contributed by atoms with Gasteiger partial charge in [-0.25, -0.2) is 0 Å². The molecule has 4 nitrogen and oxygen atoms in total. The van der Waals surface area contributed by atoms with Crippen LogP contribution < -0.4 is 10.6 Å². The molecule has 22 heavy (non-hydrogen) atoms. The van der Waals surface area contributed by atoms with Gasteiger partial charge < -0.3 is 15.4 Å². The van der Waals surface area contributed by atoms with Crippen molar-refractivity contribution in [1.29, 1.82) is 0 Å². The largest absolute Gasteiger partial charge is 0.375 e. The van der Waals surface area contributed by atoms with Gasteiger partial charge in [-0.2, -0.15) is 0 Å². The third-order valence-electron chi connectivity index (χ3n) is 4.75. The van der Waals surface area contributed by atoms with E-state index in [1.165, 1.54) is 38.5 Å². The SMILES string of the molecule is CC1CCC(CCC(=O)NCCNC2CCCCCC2)O1.Cl. The van der Waals surface area contributed by atoms with Crippen molar-refractivity contribution in [3.63, 3.8) is 0 Å². The lowest BCUT2D eigenvalue weighted by molar-refractivity contribution is -0.121. The van der Waals surface area contributed by atoms with Crippen molar-refractivity contribution >= 4 is 18.3 Å². The Morgan fingerprint density at radius 3 is 2.41 bits per heavy atom. The summed E-state index contributed by atoms with van der Waals surface area (Å²) in [5, 5.41) is 6.60. The minimum atomic E-state index is 0. The molecule has 0 aromatic rings. The first kappa shape index (κ1) is 19.7. The highest BCUT2D eigenvalue weighted by Crippen LogP contribution is 2.22. The molecule has 5 heteroatoms. The summed E-state index contributed by atoms with van der Waals surface area (Å²) >= 11 is 0. The molecular formula is C17H33ClN2O2. The van der Waals surface area contributed by atoms with Crippen molar-refractivity contribution in [2.24, 2.45) is 0 Å². The zero-order chi connectivity index (χ0) is 14.9. The van der Waals surface area contributed by atoms with Gasteiger partial charge in [-0.1, -0.05) is 25.7 Å². The maximum Gasteiger partial charge on any atom is 0.220 e. The first-order valence-electron chi connectivity index (χ1n) is 8.89. The number of hydrogen-bond donors (Lipinski definition) is 2. The molecule has 1 amide bonds. The van der Waals surface area contributed by atoms with Gasteiger partial charge in [0.1, 0.15) is 0 Å². The van der Waals surface area contributed by atoms with Gasteiger partial charge in [0, 0.05) is 25.6 Å². The van der Waals surface area contributed by atoms with Crippen LogP contribution in [0.1, 0.15) is 71.1 Å². The first-order valence-corrected chi connectivity index (χ1v) is 8.89. The predicted octanol–water partition coefficient (Wildman–Crippen LogP) is 3.18. The number of ether oxygens (including phenoxy) is 1. The van der Waals surface area contributed by atoms with Crippen molar-refractivity contribution in [2.75, 3.05) is 13.1 Å². The fourth-order valence-electron chi connectivity index (χ4n) is 3.44. The molecule has 0 spiro atoms. The number of halogens is 1. The Balaban J connectivity index is 0.00000242. The topological polar surface area (TPSA) is 50.4 Å². The van der Waals surface area contributed by atoms with Gasteiger partial charge in [-0.15, -0.1) is 12.4 Å². The monoisotopic (exact) mass is 332 g/mol. The molecule has 2 atom stereocenters. The normalized spacial score (nSPS) is 26.2. The standard InChI is InChI=1S/C17H32N2O2.ClH/c1-14-8-9-16(21-14)10-11-17(20)19-13-12-18-15-6-4-2-3-5-7-15;/h14-16,18H,2-13H2,1H3,(H,19,20);1H. The van der Waals surface area contributed by atoms with Gasteiger partial charge in [-0.3, -0.25) is 4.79 Å². The highest BCUT2D eigenvalue weighted by Gasteiger charge is 2.22. The predicted molar refractivity (Wildman–Crippen MR) is 92.6 cm³/mol. The van der Waals surface area contributed by atoms with E-state index < -0.39 is 0 Å². The quantitative estimate of drug-likeness (QED) is 0.556. The molecule has 0 radical (unpaired) electrons. The number of amides is 1. The summed E-state index contributed by atoms with van der Waals surface area (Å²) in [7, 11) is 0. The van der Waals surface area contributed by atoms with Gasteiger partial charge in [0.05, 0.1) is 12.2 Å². The average molecular weight is 333 g/mol. The number of rotatable bonds is 7. The Bertz CT molecular complexity index is 307. The van der Waals surface area contributed by atoms with E-state index in [1.807, 2.05) is 0 Å². The Morgan fingerprint density at radius 2 is 1.77 bits per heavy atom. The van der Waals surface area contributed by atoms with Crippen molar-refractivity contribution < 1.29 is 9.53 Å². The highest BCUT2D eigenvalue weighted by molar-refractivity contribution is 5.85. The molecule has 1 saturated heterocycles. The summed E-state index contributed by atoms with van der Waals surface area (Å²) in [5.74, 6) is 0.167. The van der Waals surface area contributed by atoms with E-state index >= 15 is 0 Å². The van der Waals surface area contributed by atoms with Crippen molar-refractivity contribution in [1.82, 2.24) is 10.6 Å². The maximum absolute atomic E-state index is 11.8. The first-order chi connectivity index (χ1) is 10.2. The lowest BCUT2D eigenvalue weighted by Gasteiger charge is -2.16. The van der Waals surface area contributed by atoms with Crippen LogP contribution in [0, 0.1) is 0 Å². The molecule has 2 N–H and O–H groups in total. The Labute approximate surface area is 141 Å². The van der Waals surface area contributed by atoms with Crippen LogP contribution in [0.25, 0.3) is 0 Å². The van der Waals surface area contributed by atoms with Crippen LogP contribution in [0.2, 0.25) is 0 Å². The second kappa shape index (κ2) is 11.3. The molecule has 1 heterocycles. The second-order valence-corrected chi connectivity index (χ2v) is 6.68. The van der Waals surface area contributed by atoms with E-state index in [0.717, 1.165) is 32.4 Å². The molecule has 0 aromatic carbocycles. The van der Waals surface area contributed by atoms with Crippen LogP contribution in [0.3, 0.4) is 0 Å². The van der Waals surface area contributed by atoms with E-state index in [4.69, 9.17) is 4.74 Å². The Morgan fingerprint density at radius 1 is 1.05 bits per heavy atom. The van der Waals surface area contributed by atoms with Crippen LogP contribution in [-0.2, 0) is 9.53 Å². The fraction of sp³-hybridized carbons (Fsp3) is 0.941. The van der Waals surface area contributed by atoms with Gasteiger partial charge in [0.15, 0.2) is 0 Å². The molecule has 2 rings (SSSR count). The molecule has 0 bridgehead atoms. The summed E-state index contributed by atoms with van der Waals surface area (Å²) in [6.45, 7) is 3.75. The minimum Gasteiger partial charge on any atom is -0.375 e. The number of nitrogens with one attached hydrogen (secondary N) is 2. The van der Waals surface area contributed by atoms with Crippen LogP contribution in [-0.4, -0.2) is 37.2 Å². The highest BCUT2D eigenvalue weighted by atomic mass is 35.5. The van der Waals surface area contributed by atoms with Crippen molar-refractivity contribution in [3.05, 3.63) is 0 Å². The Kier molecular flexibility index (Phi) is 10.1. The minimum absolute atomic E-state index is 0. The van der Waals surface area contributed by atoms with E-state index in [9.17, 15) is 4.79 Å². The lowest BCUT2D eigenvalue weighted by atomic mass is 10.1. The summed E-state index contributed by atoms with van der Waals surface area (Å²) < 4.78 is 5.74.